The number of amides is 1. The zero-order valence-electron chi connectivity index (χ0n) is 16.2. The Morgan fingerprint density at radius 1 is 1.04 bits per heavy atom. The van der Waals surface area contributed by atoms with E-state index < -0.39 is 0 Å². The van der Waals surface area contributed by atoms with Gasteiger partial charge in [-0.3, -0.25) is 9.69 Å². The second kappa shape index (κ2) is 9.88. The molecule has 1 saturated heterocycles. The van der Waals surface area contributed by atoms with E-state index in [0.29, 0.717) is 6.54 Å². The van der Waals surface area contributed by atoms with Gasteiger partial charge in [-0.05, 0) is 29.5 Å². The molecule has 2 atom stereocenters. The number of anilines is 1. The standard InChI is InChI=1S/C22H29N3O.ClH/c1-3-16-11-8-12-17(4-2)22(16)24-21(26)15-25-13-19(20(23)14-25)18-9-6-5-7-10-18;/h5-12,19-20H,3-4,13-15,23H2,1-2H3,(H,24,26);1H/t19-,20+;/m0./s1. The van der Waals surface area contributed by atoms with Crippen molar-refractivity contribution < 1.29 is 4.79 Å². The maximum Gasteiger partial charge on any atom is 0.238 e. The molecule has 1 fully saturated rings. The highest BCUT2D eigenvalue weighted by atomic mass is 35.5. The number of hydrogen-bond acceptors (Lipinski definition) is 3. The van der Waals surface area contributed by atoms with Crippen molar-refractivity contribution in [3.05, 3.63) is 65.2 Å². The van der Waals surface area contributed by atoms with Gasteiger partial charge in [0.1, 0.15) is 0 Å². The third kappa shape index (κ3) is 5.10. The number of hydrogen-bond donors (Lipinski definition) is 2. The summed E-state index contributed by atoms with van der Waals surface area (Å²) in [5.41, 5.74) is 11.0. The van der Waals surface area contributed by atoms with Gasteiger partial charge in [0, 0.05) is 30.7 Å². The van der Waals surface area contributed by atoms with E-state index in [2.05, 4.69) is 54.4 Å². The van der Waals surface area contributed by atoms with Crippen LogP contribution in [0.5, 0.6) is 0 Å². The van der Waals surface area contributed by atoms with Gasteiger partial charge in [-0.1, -0.05) is 62.4 Å². The van der Waals surface area contributed by atoms with Crippen LogP contribution in [0.2, 0.25) is 0 Å². The van der Waals surface area contributed by atoms with E-state index in [0.717, 1.165) is 31.6 Å². The third-order valence-electron chi connectivity index (χ3n) is 5.30. The molecule has 0 saturated carbocycles. The number of halogens is 1. The lowest BCUT2D eigenvalue weighted by molar-refractivity contribution is -0.117. The number of carbonyl (C=O) groups is 1. The second-order valence-corrected chi connectivity index (χ2v) is 7.08. The third-order valence-corrected chi connectivity index (χ3v) is 5.30. The fourth-order valence-electron chi connectivity index (χ4n) is 3.88. The van der Waals surface area contributed by atoms with Crippen LogP contribution >= 0.6 is 12.4 Å². The van der Waals surface area contributed by atoms with Crippen LogP contribution in [0.25, 0.3) is 0 Å². The van der Waals surface area contributed by atoms with Gasteiger partial charge < -0.3 is 11.1 Å². The Morgan fingerprint density at radius 2 is 1.67 bits per heavy atom. The van der Waals surface area contributed by atoms with Crippen LogP contribution in [-0.2, 0) is 17.6 Å². The molecule has 3 rings (SSSR count). The van der Waals surface area contributed by atoms with Crippen molar-refractivity contribution in [1.29, 1.82) is 0 Å². The number of benzene rings is 2. The van der Waals surface area contributed by atoms with E-state index in [1.54, 1.807) is 0 Å². The highest BCUT2D eigenvalue weighted by molar-refractivity contribution is 5.94. The number of nitrogens with two attached hydrogens (primary N) is 1. The Balaban J connectivity index is 0.00000261. The number of aryl methyl sites for hydroxylation is 2. The Labute approximate surface area is 168 Å². The Bertz CT molecular complexity index is 728. The van der Waals surface area contributed by atoms with E-state index in [4.69, 9.17) is 5.73 Å². The Morgan fingerprint density at radius 3 is 2.26 bits per heavy atom. The van der Waals surface area contributed by atoms with E-state index in [1.807, 2.05) is 18.2 Å². The highest BCUT2D eigenvalue weighted by Gasteiger charge is 2.32. The number of nitrogens with zero attached hydrogens (tertiary/aromatic N) is 1. The molecule has 0 radical (unpaired) electrons. The summed E-state index contributed by atoms with van der Waals surface area (Å²) < 4.78 is 0. The number of carbonyl (C=O) groups excluding carboxylic acids is 1. The van der Waals surface area contributed by atoms with Crippen molar-refractivity contribution in [3.63, 3.8) is 0 Å². The fraction of sp³-hybridized carbons (Fsp3) is 0.409. The van der Waals surface area contributed by atoms with Crippen molar-refractivity contribution in [2.45, 2.75) is 38.6 Å². The lowest BCUT2D eigenvalue weighted by Crippen LogP contribution is -2.34. The topological polar surface area (TPSA) is 58.4 Å². The van der Waals surface area contributed by atoms with Gasteiger partial charge in [0.2, 0.25) is 5.91 Å². The van der Waals surface area contributed by atoms with Crippen molar-refractivity contribution >= 4 is 24.0 Å². The van der Waals surface area contributed by atoms with E-state index >= 15 is 0 Å². The van der Waals surface area contributed by atoms with Crippen molar-refractivity contribution in [3.8, 4) is 0 Å². The maximum atomic E-state index is 12.7. The summed E-state index contributed by atoms with van der Waals surface area (Å²) in [7, 11) is 0. The summed E-state index contributed by atoms with van der Waals surface area (Å²) in [6.45, 7) is 6.21. The van der Waals surface area contributed by atoms with Gasteiger partial charge in [-0.25, -0.2) is 0 Å². The molecule has 2 aromatic rings. The first-order chi connectivity index (χ1) is 12.6. The molecule has 0 bridgehead atoms. The number of para-hydroxylation sites is 1. The Kier molecular flexibility index (Phi) is 7.84. The molecule has 3 N–H and O–H groups in total. The van der Waals surface area contributed by atoms with E-state index in [9.17, 15) is 4.79 Å². The fourth-order valence-corrected chi connectivity index (χ4v) is 3.88. The molecule has 0 spiro atoms. The van der Waals surface area contributed by atoms with Gasteiger partial charge >= 0.3 is 0 Å². The predicted molar refractivity (Wildman–Crippen MR) is 115 cm³/mol. The summed E-state index contributed by atoms with van der Waals surface area (Å²) in [6.07, 6.45) is 1.82. The first kappa shape index (κ1) is 21.4. The molecule has 2 aromatic carbocycles. The SMILES string of the molecule is CCc1cccc(CC)c1NC(=O)CN1C[C@@H](N)[C@H](c2ccccc2)C1.Cl. The van der Waals surface area contributed by atoms with Gasteiger partial charge in [-0.15, -0.1) is 12.4 Å². The largest absolute Gasteiger partial charge is 0.326 e. The highest BCUT2D eigenvalue weighted by Crippen LogP contribution is 2.27. The normalized spacial score (nSPS) is 19.5. The van der Waals surface area contributed by atoms with E-state index in [-0.39, 0.29) is 30.3 Å². The lowest BCUT2D eigenvalue weighted by atomic mass is 9.95. The Hall–Kier alpha value is -1.88. The molecule has 0 aliphatic carbocycles. The van der Waals surface area contributed by atoms with Gasteiger partial charge in [0.05, 0.1) is 6.54 Å². The second-order valence-electron chi connectivity index (χ2n) is 7.08. The molecular formula is C22H30ClN3O. The molecule has 1 amide bonds. The van der Waals surface area contributed by atoms with Crippen molar-refractivity contribution in [2.24, 2.45) is 5.73 Å². The van der Waals surface area contributed by atoms with Crippen LogP contribution < -0.4 is 11.1 Å². The summed E-state index contributed by atoms with van der Waals surface area (Å²) >= 11 is 0. The summed E-state index contributed by atoms with van der Waals surface area (Å²) in [5, 5.41) is 3.16. The summed E-state index contributed by atoms with van der Waals surface area (Å²) in [6, 6.07) is 16.7. The minimum Gasteiger partial charge on any atom is -0.326 e. The molecular weight excluding hydrogens is 358 g/mol. The average Bonchev–Trinajstić information content (AvgIpc) is 3.02. The summed E-state index contributed by atoms with van der Waals surface area (Å²) in [5.74, 6) is 0.333. The van der Waals surface area contributed by atoms with Crippen LogP contribution in [0.1, 0.15) is 36.5 Å². The molecule has 1 heterocycles. The molecule has 1 aliphatic rings. The zero-order chi connectivity index (χ0) is 18.5. The molecule has 0 aromatic heterocycles. The molecule has 1 aliphatic heterocycles. The smallest absolute Gasteiger partial charge is 0.238 e. The summed E-state index contributed by atoms with van der Waals surface area (Å²) in [4.78, 5) is 14.8. The molecule has 5 heteroatoms. The monoisotopic (exact) mass is 387 g/mol. The number of rotatable bonds is 6. The molecule has 4 nitrogen and oxygen atoms in total. The quantitative estimate of drug-likeness (QED) is 0.796. The van der Waals surface area contributed by atoms with Crippen LogP contribution in [0.4, 0.5) is 5.69 Å². The first-order valence-electron chi connectivity index (χ1n) is 9.55. The number of nitrogens with one attached hydrogen (secondary N) is 1. The van der Waals surface area contributed by atoms with E-state index in [1.165, 1.54) is 16.7 Å². The van der Waals surface area contributed by atoms with Gasteiger partial charge in [0.15, 0.2) is 0 Å². The molecule has 146 valence electrons. The maximum absolute atomic E-state index is 12.7. The minimum atomic E-state index is 0. The lowest BCUT2D eigenvalue weighted by Gasteiger charge is -2.18. The van der Waals surface area contributed by atoms with Crippen LogP contribution in [0.15, 0.2) is 48.5 Å². The van der Waals surface area contributed by atoms with Gasteiger partial charge in [-0.2, -0.15) is 0 Å². The molecule has 27 heavy (non-hydrogen) atoms. The predicted octanol–water partition coefficient (Wildman–Crippen LogP) is 3.60. The van der Waals surface area contributed by atoms with Crippen LogP contribution in [-0.4, -0.2) is 36.5 Å². The minimum absolute atomic E-state index is 0. The first-order valence-corrected chi connectivity index (χ1v) is 9.55. The zero-order valence-corrected chi connectivity index (χ0v) is 17.0. The number of likely N-dealkylation sites (tertiary alicyclic amines) is 1. The van der Waals surface area contributed by atoms with Crippen LogP contribution in [0.3, 0.4) is 0 Å². The average molecular weight is 388 g/mol. The van der Waals surface area contributed by atoms with Crippen molar-refractivity contribution in [2.75, 3.05) is 25.0 Å². The van der Waals surface area contributed by atoms with Crippen LogP contribution in [0, 0.1) is 0 Å². The van der Waals surface area contributed by atoms with Gasteiger partial charge in [0.25, 0.3) is 0 Å². The molecule has 0 unspecified atom stereocenters. The van der Waals surface area contributed by atoms with Crippen molar-refractivity contribution in [1.82, 2.24) is 4.90 Å².